The second-order valence-corrected chi connectivity index (χ2v) is 5.81. The van der Waals surface area contributed by atoms with Crippen molar-refractivity contribution >= 4 is 38.6 Å². The van der Waals surface area contributed by atoms with Crippen LogP contribution in [0.5, 0.6) is 11.6 Å². The molecule has 0 amide bonds. The van der Waals surface area contributed by atoms with Gasteiger partial charge in [0.25, 0.3) is 0 Å². The second-order valence-electron chi connectivity index (χ2n) is 4.52. The summed E-state index contributed by atoms with van der Waals surface area (Å²) < 4.78 is 33.3. The molecule has 0 saturated heterocycles. The molecule has 0 spiro atoms. The number of nitrogens with zero attached hydrogens (tertiary/aromatic N) is 2. The minimum atomic E-state index is -1.02. The molecule has 3 nitrogen and oxygen atoms in total. The average molecular weight is 386 g/mol. The summed E-state index contributed by atoms with van der Waals surface area (Å²) in [7, 11) is 0. The molecule has 0 fully saturated rings. The average Bonchev–Trinajstić information content (AvgIpc) is 2.47. The van der Waals surface area contributed by atoms with E-state index in [2.05, 4.69) is 25.9 Å². The first kappa shape index (κ1) is 15.1. The van der Waals surface area contributed by atoms with Gasteiger partial charge < -0.3 is 4.74 Å². The Kier molecular flexibility index (Phi) is 3.97. The molecular weight excluding hydrogens is 378 g/mol. The Morgan fingerprint density at radius 3 is 2.64 bits per heavy atom. The van der Waals surface area contributed by atoms with Gasteiger partial charge in [-0.25, -0.2) is 18.7 Å². The summed E-state index contributed by atoms with van der Waals surface area (Å²) in [6, 6.07) is 7.37. The standard InChI is InChI=1S/C15H8BrClF2N2O/c1-7-15(22-12-5-2-8(17)6-9(12)16)21-11-4-3-10(18)13(19)14(11)20-7/h2-6H,1H3. The van der Waals surface area contributed by atoms with Gasteiger partial charge in [0.05, 0.1) is 9.99 Å². The first-order valence-corrected chi connectivity index (χ1v) is 7.38. The zero-order valence-electron chi connectivity index (χ0n) is 11.2. The lowest BCUT2D eigenvalue weighted by molar-refractivity contribution is 0.454. The smallest absolute Gasteiger partial charge is 0.241 e. The van der Waals surface area contributed by atoms with Gasteiger partial charge in [0.15, 0.2) is 11.6 Å². The molecule has 0 atom stereocenters. The predicted octanol–water partition coefficient (Wildman–Crippen LogP) is 5.42. The molecule has 0 aliphatic heterocycles. The molecule has 1 aromatic heterocycles. The lowest BCUT2D eigenvalue weighted by Gasteiger charge is -2.10. The van der Waals surface area contributed by atoms with Crippen LogP contribution < -0.4 is 4.74 Å². The normalized spacial score (nSPS) is 11.0. The quantitative estimate of drug-likeness (QED) is 0.590. The molecule has 0 N–H and O–H groups in total. The Morgan fingerprint density at radius 1 is 1.14 bits per heavy atom. The Morgan fingerprint density at radius 2 is 1.91 bits per heavy atom. The van der Waals surface area contributed by atoms with Crippen LogP contribution in [0.3, 0.4) is 0 Å². The zero-order valence-corrected chi connectivity index (χ0v) is 13.5. The highest BCUT2D eigenvalue weighted by molar-refractivity contribution is 9.10. The van der Waals surface area contributed by atoms with Crippen molar-refractivity contribution in [1.82, 2.24) is 9.97 Å². The van der Waals surface area contributed by atoms with Crippen LogP contribution in [0, 0.1) is 18.6 Å². The van der Waals surface area contributed by atoms with Crippen LogP contribution in [0.4, 0.5) is 8.78 Å². The first-order chi connectivity index (χ1) is 10.5. The van der Waals surface area contributed by atoms with Crippen LogP contribution in [0.25, 0.3) is 11.0 Å². The van der Waals surface area contributed by atoms with Crippen molar-refractivity contribution in [2.24, 2.45) is 0 Å². The van der Waals surface area contributed by atoms with Crippen molar-refractivity contribution in [2.45, 2.75) is 6.92 Å². The fraction of sp³-hybridized carbons (Fsp3) is 0.0667. The maximum atomic E-state index is 13.7. The van der Waals surface area contributed by atoms with Gasteiger partial charge in [-0.15, -0.1) is 0 Å². The van der Waals surface area contributed by atoms with E-state index < -0.39 is 11.6 Å². The maximum absolute atomic E-state index is 13.7. The molecule has 3 rings (SSSR count). The van der Waals surface area contributed by atoms with Gasteiger partial charge in [0, 0.05) is 5.02 Å². The Bertz CT molecular complexity index is 889. The molecule has 0 saturated carbocycles. The van der Waals surface area contributed by atoms with E-state index in [0.717, 1.165) is 6.07 Å². The van der Waals surface area contributed by atoms with Gasteiger partial charge >= 0.3 is 0 Å². The second kappa shape index (κ2) is 5.78. The lowest BCUT2D eigenvalue weighted by atomic mass is 10.2. The van der Waals surface area contributed by atoms with E-state index in [1.165, 1.54) is 6.07 Å². The van der Waals surface area contributed by atoms with Crippen LogP contribution in [-0.4, -0.2) is 9.97 Å². The van der Waals surface area contributed by atoms with Crippen molar-refractivity contribution in [3.8, 4) is 11.6 Å². The molecule has 1 heterocycles. The summed E-state index contributed by atoms with van der Waals surface area (Å²) in [5.41, 5.74) is 0.434. The molecule has 0 bridgehead atoms. The third kappa shape index (κ3) is 2.76. The number of benzene rings is 2. The van der Waals surface area contributed by atoms with E-state index in [0.29, 0.717) is 20.9 Å². The zero-order chi connectivity index (χ0) is 15.9. The van der Waals surface area contributed by atoms with E-state index in [-0.39, 0.29) is 16.9 Å². The molecular formula is C15H8BrClF2N2O. The van der Waals surface area contributed by atoms with Gasteiger partial charge in [-0.3, -0.25) is 0 Å². The molecule has 0 radical (unpaired) electrons. The lowest BCUT2D eigenvalue weighted by Crippen LogP contribution is -1.99. The molecule has 7 heteroatoms. The third-order valence-corrected chi connectivity index (χ3v) is 3.81. The number of rotatable bonds is 2. The molecule has 0 aliphatic carbocycles. The number of hydrogen-bond donors (Lipinski definition) is 0. The monoisotopic (exact) mass is 384 g/mol. The number of fused-ring (bicyclic) bond motifs is 1. The number of aryl methyl sites for hydroxylation is 1. The number of aromatic nitrogens is 2. The van der Waals surface area contributed by atoms with E-state index >= 15 is 0 Å². The van der Waals surface area contributed by atoms with Gasteiger partial charge in [0.1, 0.15) is 17.0 Å². The van der Waals surface area contributed by atoms with E-state index in [1.807, 2.05) is 0 Å². The predicted molar refractivity (Wildman–Crippen MR) is 83.4 cm³/mol. The fourth-order valence-corrected chi connectivity index (χ4v) is 2.65. The Hall–Kier alpha value is -1.79. The largest absolute Gasteiger partial charge is 0.436 e. The Balaban J connectivity index is 2.08. The number of halogens is 4. The number of ether oxygens (including phenoxy) is 1. The summed E-state index contributed by atoms with van der Waals surface area (Å²) in [6.07, 6.45) is 0. The highest BCUT2D eigenvalue weighted by Crippen LogP contribution is 2.33. The molecule has 0 aliphatic rings. The van der Waals surface area contributed by atoms with Crippen LogP contribution in [-0.2, 0) is 0 Å². The first-order valence-electron chi connectivity index (χ1n) is 6.21. The highest BCUT2D eigenvalue weighted by atomic mass is 79.9. The highest BCUT2D eigenvalue weighted by Gasteiger charge is 2.14. The van der Waals surface area contributed by atoms with Gasteiger partial charge in [0.2, 0.25) is 5.88 Å². The van der Waals surface area contributed by atoms with Crippen LogP contribution in [0.1, 0.15) is 5.69 Å². The van der Waals surface area contributed by atoms with Gasteiger partial charge in [-0.1, -0.05) is 11.6 Å². The molecule has 0 unspecified atom stereocenters. The van der Waals surface area contributed by atoms with Crippen LogP contribution >= 0.6 is 27.5 Å². The van der Waals surface area contributed by atoms with Crippen molar-refractivity contribution in [1.29, 1.82) is 0 Å². The summed E-state index contributed by atoms with van der Waals surface area (Å²) in [5, 5.41) is 0.554. The minimum absolute atomic E-state index is 0.125. The Labute approximate surface area is 138 Å². The SMILES string of the molecule is Cc1nc2c(F)c(F)ccc2nc1Oc1ccc(Cl)cc1Br. The van der Waals surface area contributed by atoms with Crippen molar-refractivity contribution in [2.75, 3.05) is 0 Å². The van der Waals surface area contributed by atoms with Crippen molar-refractivity contribution in [3.05, 3.63) is 57.2 Å². The summed E-state index contributed by atoms with van der Waals surface area (Å²) in [5.74, 6) is -1.28. The van der Waals surface area contributed by atoms with Gasteiger partial charge in [-0.05, 0) is 53.2 Å². The van der Waals surface area contributed by atoms with E-state index in [9.17, 15) is 8.78 Å². The molecule has 2 aromatic carbocycles. The maximum Gasteiger partial charge on any atom is 0.241 e. The van der Waals surface area contributed by atoms with Crippen LogP contribution in [0.2, 0.25) is 5.02 Å². The fourth-order valence-electron chi connectivity index (χ4n) is 1.89. The summed E-state index contributed by atoms with van der Waals surface area (Å²) in [6.45, 7) is 1.61. The molecule has 22 heavy (non-hydrogen) atoms. The molecule has 112 valence electrons. The van der Waals surface area contributed by atoms with Crippen LogP contribution in [0.15, 0.2) is 34.8 Å². The summed E-state index contributed by atoms with van der Waals surface area (Å²) in [4.78, 5) is 8.23. The topological polar surface area (TPSA) is 35.0 Å². The van der Waals surface area contributed by atoms with E-state index in [4.69, 9.17) is 16.3 Å². The number of hydrogen-bond acceptors (Lipinski definition) is 3. The van der Waals surface area contributed by atoms with Crippen molar-refractivity contribution in [3.63, 3.8) is 0 Å². The minimum Gasteiger partial charge on any atom is -0.436 e. The van der Waals surface area contributed by atoms with Crippen molar-refractivity contribution < 1.29 is 13.5 Å². The van der Waals surface area contributed by atoms with E-state index in [1.54, 1.807) is 25.1 Å². The molecule has 3 aromatic rings. The summed E-state index contributed by atoms with van der Waals surface area (Å²) >= 11 is 9.20. The van der Waals surface area contributed by atoms with Gasteiger partial charge in [-0.2, -0.15) is 0 Å². The third-order valence-electron chi connectivity index (χ3n) is 2.96.